The fourth-order valence-corrected chi connectivity index (χ4v) is 3.67. The van der Waals surface area contributed by atoms with Gasteiger partial charge in [0.1, 0.15) is 0 Å². The van der Waals surface area contributed by atoms with Crippen LogP contribution in [0.5, 0.6) is 0 Å². The Balaban J connectivity index is 2.10. The van der Waals surface area contributed by atoms with Crippen LogP contribution in [0.4, 0.5) is 0 Å². The van der Waals surface area contributed by atoms with E-state index in [1.807, 2.05) is 24.8 Å². The maximum absolute atomic E-state index is 12.6. The summed E-state index contributed by atoms with van der Waals surface area (Å²) in [7, 11) is 0. The number of carbonyl (C=O) groups excluding carboxylic acids is 1. The average molecular weight is 295 g/mol. The predicted molar refractivity (Wildman–Crippen MR) is 79.3 cm³/mol. The molecule has 1 fully saturated rings. The van der Waals surface area contributed by atoms with E-state index in [0.29, 0.717) is 6.42 Å². The van der Waals surface area contributed by atoms with E-state index in [1.165, 1.54) is 16.2 Å². The fourth-order valence-electron chi connectivity index (χ4n) is 2.68. The second-order valence-corrected chi connectivity index (χ2v) is 6.69. The van der Waals surface area contributed by atoms with Crippen LogP contribution >= 0.6 is 11.3 Å². The van der Waals surface area contributed by atoms with Crippen LogP contribution in [-0.2, 0) is 4.79 Å². The Labute approximate surface area is 123 Å². The Bertz CT molecular complexity index is 490. The van der Waals surface area contributed by atoms with Gasteiger partial charge in [-0.05, 0) is 51.2 Å². The molecule has 1 atom stereocenters. The second-order valence-electron chi connectivity index (χ2n) is 5.43. The monoisotopic (exact) mass is 295 g/mol. The number of hydrogen-bond acceptors (Lipinski definition) is 3. The number of likely N-dealkylation sites (tertiary alicyclic amines) is 1. The quantitative estimate of drug-likeness (QED) is 0.928. The lowest BCUT2D eigenvalue weighted by atomic mass is 9.97. The van der Waals surface area contributed by atoms with Gasteiger partial charge in [-0.3, -0.25) is 9.59 Å². The average Bonchev–Trinajstić information content (AvgIpc) is 2.76. The number of carboxylic acid groups (broad SMARTS) is 1. The summed E-state index contributed by atoms with van der Waals surface area (Å²) in [5, 5.41) is 8.82. The van der Waals surface area contributed by atoms with Gasteiger partial charge in [-0.25, -0.2) is 0 Å². The summed E-state index contributed by atoms with van der Waals surface area (Å²) >= 11 is 1.54. The molecule has 0 unspecified atom stereocenters. The predicted octanol–water partition coefficient (Wildman–Crippen LogP) is 3.22. The third-order valence-electron chi connectivity index (χ3n) is 3.96. The summed E-state index contributed by atoms with van der Waals surface area (Å²) in [6.45, 7) is 4.79. The third kappa shape index (κ3) is 3.39. The minimum Gasteiger partial charge on any atom is -0.481 e. The van der Waals surface area contributed by atoms with E-state index in [-0.39, 0.29) is 18.4 Å². The number of amides is 1. The molecule has 0 radical (unpaired) electrons. The Kier molecular flexibility index (Phi) is 4.81. The number of rotatable bonds is 4. The highest BCUT2D eigenvalue weighted by Gasteiger charge is 2.28. The van der Waals surface area contributed by atoms with Crippen LogP contribution in [0.1, 0.15) is 52.2 Å². The molecule has 1 aromatic rings. The number of thiophene rings is 1. The first-order valence-electron chi connectivity index (χ1n) is 7.09. The highest BCUT2D eigenvalue weighted by molar-refractivity contribution is 7.14. The summed E-state index contributed by atoms with van der Waals surface area (Å²) in [4.78, 5) is 27.2. The van der Waals surface area contributed by atoms with Crippen molar-refractivity contribution in [3.8, 4) is 0 Å². The van der Waals surface area contributed by atoms with Gasteiger partial charge in [0.05, 0.1) is 4.88 Å². The van der Waals surface area contributed by atoms with Crippen molar-refractivity contribution in [2.45, 2.75) is 52.0 Å². The molecule has 0 bridgehead atoms. The van der Waals surface area contributed by atoms with Crippen molar-refractivity contribution in [3.63, 3.8) is 0 Å². The molecule has 0 spiro atoms. The second kappa shape index (κ2) is 6.39. The van der Waals surface area contributed by atoms with Crippen LogP contribution in [0.25, 0.3) is 0 Å². The van der Waals surface area contributed by atoms with Gasteiger partial charge in [0.15, 0.2) is 0 Å². The zero-order valence-corrected chi connectivity index (χ0v) is 12.8. The van der Waals surface area contributed by atoms with Crippen molar-refractivity contribution in [1.29, 1.82) is 0 Å². The molecule has 0 saturated carbocycles. The normalized spacial score (nSPS) is 19.1. The van der Waals surface area contributed by atoms with Gasteiger partial charge in [0.25, 0.3) is 5.91 Å². The number of carboxylic acids is 1. The van der Waals surface area contributed by atoms with Crippen LogP contribution in [0.3, 0.4) is 0 Å². The van der Waals surface area contributed by atoms with E-state index < -0.39 is 5.97 Å². The molecule has 1 amide bonds. The Morgan fingerprint density at radius 2 is 2.15 bits per heavy atom. The SMILES string of the molecule is Cc1cc(C(=O)N2CCCC[C@H]2CCC(=O)O)sc1C. The lowest BCUT2D eigenvalue weighted by molar-refractivity contribution is -0.137. The first-order valence-corrected chi connectivity index (χ1v) is 7.90. The number of aryl methyl sites for hydroxylation is 2. The molecule has 1 N–H and O–H groups in total. The molecule has 1 aliphatic rings. The maximum Gasteiger partial charge on any atom is 0.303 e. The van der Waals surface area contributed by atoms with Gasteiger partial charge in [-0.1, -0.05) is 0 Å². The van der Waals surface area contributed by atoms with Crippen molar-refractivity contribution in [2.75, 3.05) is 6.54 Å². The summed E-state index contributed by atoms with van der Waals surface area (Å²) in [6.07, 6.45) is 3.71. The van der Waals surface area contributed by atoms with Crippen molar-refractivity contribution < 1.29 is 14.7 Å². The number of carbonyl (C=O) groups is 2. The number of piperidine rings is 1. The highest BCUT2D eigenvalue weighted by Crippen LogP contribution is 2.27. The largest absolute Gasteiger partial charge is 0.481 e. The van der Waals surface area contributed by atoms with Crippen molar-refractivity contribution in [3.05, 3.63) is 21.4 Å². The summed E-state index contributed by atoms with van der Waals surface area (Å²) < 4.78 is 0. The topological polar surface area (TPSA) is 57.6 Å². The zero-order chi connectivity index (χ0) is 14.7. The lowest BCUT2D eigenvalue weighted by Crippen LogP contribution is -2.43. The van der Waals surface area contributed by atoms with Crippen molar-refractivity contribution in [2.24, 2.45) is 0 Å². The molecule has 1 saturated heterocycles. The van der Waals surface area contributed by atoms with Gasteiger partial charge < -0.3 is 10.0 Å². The molecule has 110 valence electrons. The van der Waals surface area contributed by atoms with E-state index in [1.54, 1.807) is 0 Å². The maximum atomic E-state index is 12.6. The summed E-state index contributed by atoms with van der Waals surface area (Å²) in [5.74, 6) is -0.716. The first-order chi connectivity index (χ1) is 9.49. The van der Waals surface area contributed by atoms with Gasteiger partial charge in [-0.15, -0.1) is 11.3 Å². The van der Waals surface area contributed by atoms with E-state index in [4.69, 9.17) is 5.11 Å². The van der Waals surface area contributed by atoms with E-state index in [2.05, 4.69) is 0 Å². The minimum atomic E-state index is -0.786. The number of hydrogen-bond donors (Lipinski definition) is 1. The molecule has 1 aromatic heterocycles. The number of aliphatic carboxylic acids is 1. The van der Waals surface area contributed by atoms with Gasteiger partial charge in [0, 0.05) is 23.9 Å². The Morgan fingerprint density at radius 1 is 1.40 bits per heavy atom. The van der Waals surface area contributed by atoms with Gasteiger partial charge in [-0.2, -0.15) is 0 Å². The molecule has 2 rings (SSSR count). The highest BCUT2D eigenvalue weighted by atomic mass is 32.1. The van der Waals surface area contributed by atoms with Crippen molar-refractivity contribution >= 4 is 23.2 Å². The Morgan fingerprint density at radius 3 is 2.75 bits per heavy atom. The molecule has 0 aliphatic carbocycles. The van der Waals surface area contributed by atoms with E-state index >= 15 is 0 Å². The smallest absolute Gasteiger partial charge is 0.303 e. The standard InChI is InChI=1S/C15H21NO3S/c1-10-9-13(20-11(10)2)15(19)16-8-4-3-5-12(16)6-7-14(17)18/h9,12H,3-8H2,1-2H3,(H,17,18)/t12-/m0/s1. The van der Waals surface area contributed by atoms with Crippen LogP contribution < -0.4 is 0 Å². The molecule has 2 heterocycles. The first kappa shape index (κ1) is 15.0. The molecule has 5 heteroatoms. The van der Waals surface area contributed by atoms with E-state index in [0.717, 1.165) is 36.2 Å². The van der Waals surface area contributed by atoms with Crippen LogP contribution in [0.15, 0.2) is 6.07 Å². The summed E-state index contributed by atoms with van der Waals surface area (Å²) in [5.41, 5.74) is 1.15. The zero-order valence-electron chi connectivity index (χ0n) is 12.0. The van der Waals surface area contributed by atoms with Crippen LogP contribution in [-0.4, -0.2) is 34.5 Å². The molecule has 4 nitrogen and oxygen atoms in total. The van der Waals surface area contributed by atoms with Gasteiger partial charge >= 0.3 is 5.97 Å². The van der Waals surface area contributed by atoms with Crippen molar-refractivity contribution in [1.82, 2.24) is 4.90 Å². The molecule has 0 aromatic carbocycles. The minimum absolute atomic E-state index is 0.0706. The Hall–Kier alpha value is -1.36. The lowest BCUT2D eigenvalue weighted by Gasteiger charge is -2.35. The molecule has 20 heavy (non-hydrogen) atoms. The fraction of sp³-hybridized carbons (Fsp3) is 0.600. The van der Waals surface area contributed by atoms with Crippen LogP contribution in [0, 0.1) is 13.8 Å². The number of nitrogens with zero attached hydrogens (tertiary/aromatic N) is 1. The van der Waals surface area contributed by atoms with Crippen LogP contribution in [0.2, 0.25) is 0 Å². The molecule has 1 aliphatic heterocycles. The van der Waals surface area contributed by atoms with Gasteiger partial charge in [0.2, 0.25) is 0 Å². The summed E-state index contributed by atoms with van der Waals surface area (Å²) in [6, 6.07) is 2.03. The molecular weight excluding hydrogens is 274 g/mol. The van der Waals surface area contributed by atoms with E-state index in [9.17, 15) is 9.59 Å². The molecular formula is C15H21NO3S. The third-order valence-corrected chi connectivity index (χ3v) is 5.10.